The van der Waals surface area contributed by atoms with E-state index in [1.807, 2.05) is 0 Å². The fourth-order valence-electron chi connectivity index (χ4n) is 1.78. The van der Waals surface area contributed by atoms with E-state index in [1.165, 1.54) is 16.7 Å². The molecule has 1 aromatic carbocycles. The van der Waals surface area contributed by atoms with Gasteiger partial charge in [-0.25, -0.2) is 0 Å². The summed E-state index contributed by atoms with van der Waals surface area (Å²) in [6, 6.07) is 6.61. The highest BCUT2D eigenvalue weighted by molar-refractivity contribution is 5.36. The molecule has 0 aliphatic heterocycles. The van der Waals surface area contributed by atoms with Crippen LogP contribution in [0, 0.1) is 6.92 Å². The van der Waals surface area contributed by atoms with Crippen molar-refractivity contribution >= 4 is 0 Å². The molecule has 72 valence electrons. The first-order valence-corrected chi connectivity index (χ1v) is 5.04. The van der Waals surface area contributed by atoms with Crippen LogP contribution < -0.4 is 5.73 Å². The van der Waals surface area contributed by atoms with Gasteiger partial charge in [-0.3, -0.25) is 0 Å². The Kier molecular flexibility index (Phi) is 3.49. The number of hydrogen-bond donors (Lipinski definition) is 1. The largest absolute Gasteiger partial charge is 0.324 e. The molecule has 0 aliphatic carbocycles. The molecule has 1 atom stereocenters. The summed E-state index contributed by atoms with van der Waals surface area (Å²) in [5.41, 5.74) is 10.2. The molecule has 0 unspecified atom stereocenters. The smallest absolute Gasteiger partial charge is 0.0295 e. The quantitative estimate of drug-likeness (QED) is 0.754. The van der Waals surface area contributed by atoms with Crippen LogP contribution in [0.25, 0.3) is 0 Å². The number of rotatable bonds is 3. The fourth-order valence-corrected chi connectivity index (χ4v) is 1.78. The van der Waals surface area contributed by atoms with Gasteiger partial charge in [-0.1, -0.05) is 32.0 Å². The Bertz CT molecular complexity index is 278. The summed E-state index contributed by atoms with van der Waals surface area (Å²) in [4.78, 5) is 0. The molecule has 0 fully saturated rings. The summed E-state index contributed by atoms with van der Waals surface area (Å²) in [6.07, 6.45) is 2.09. The second-order valence-corrected chi connectivity index (χ2v) is 3.51. The summed E-state index contributed by atoms with van der Waals surface area (Å²) in [5, 5.41) is 0. The lowest BCUT2D eigenvalue weighted by Gasteiger charge is -2.15. The van der Waals surface area contributed by atoms with Gasteiger partial charge in [-0.05, 0) is 36.5 Å². The Labute approximate surface area is 81.0 Å². The van der Waals surface area contributed by atoms with Crippen molar-refractivity contribution in [3.8, 4) is 0 Å². The van der Waals surface area contributed by atoms with Crippen molar-refractivity contribution in [3.63, 3.8) is 0 Å². The van der Waals surface area contributed by atoms with Gasteiger partial charge in [0, 0.05) is 6.04 Å². The van der Waals surface area contributed by atoms with Crippen molar-refractivity contribution in [2.45, 2.75) is 39.7 Å². The molecule has 0 saturated heterocycles. The van der Waals surface area contributed by atoms with Crippen molar-refractivity contribution in [2.24, 2.45) is 5.73 Å². The maximum Gasteiger partial charge on any atom is 0.0295 e. The molecule has 0 spiro atoms. The lowest BCUT2D eigenvalue weighted by molar-refractivity contribution is 0.689. The van der Waals surface area contributed by atoms with E-state index in [1.54, 1.807) is 0 Å². The Morgan fingerprint density at radius 2 is 2.00 bits per heavy atom. The first-order valence-electron chi connectivity index (χ1n) is 5.04. The van der Waals surface area contributed by atoms with Crippen LogP contribution in [0.2, 0.25) is 0 Å². The second kappa shape index (κ2) is 4.43. The van der Waals surface area contributed by atoms with Crippen LogP contribution >= 0.6 is 0 Å². The summed E-state index contributed by atoms with van der Waals surface area (Å²) in [7, 11) is 0. The van der Waals surface area contributed by atoms with Gasteiger partial charge in [0.25, 0.3) is 0 Å². The molecule has 1 nitrogen and oxygen atoms in total. The topological polar surface area (TPSA) is 26.0 Å². The monoisotopic (exact) mass is 177 g/mol. The third-order valence-electron chi connectivity index (χ3n) is 2.64. The zero-order valence-corrected chi connectivity index (χ0v) is 8.80. The van der Waals surface area contributed by atoms with E-state index in [-0.39, 0.29) is 6.04 Å². The average Bonchev–Trinajstić information content (AvgIpc) is 2.16. The maximum absolute atomic E-state index is 6.04. The van der Waals surface area contributed by atoms with E-state index < -0.39 is 0 Å². The van der Waals surface area contributed by atoms with E-state index in [0.29, 0.717) is 0 Å². The number of benzene rings is 1. The van der Waals surface area contributed by atoms with Crippen molar-refractivity contribution in [1.29, 1.82) is 0 Å². The average molecular weight is 177 g/mol. The van der Waals surface area contributed by atoms with Crippen molar-refractivity contribution in [1.82, 2.24) is 0 Å². The molecule has 13 heavy (non-hydrogen) atoms. The van der Waals surface area contributed by atoms with E-state index in [4.69, 9.17) is 5.73 Å². The highest BCUT2D eigenvalue weighted by Gasteiger charge is 2.08. The van der Waals surface area contributed by atoms with Gasteiger partial charge in [0.05, 0.1) is 0 Å². The molecule has 0 aromatic heterocycles. The van der Waals surface area contributed by atoms with E-state index in [2.05, 4.69) is 39.0 Å². The zero-order valence-electron chi connectivity index (χ0n) is 8.80. The number of nitrogens with two attached hydrogens (primary N) is 1. The second-order valence-electron chi connectivity index (χ2n) is 3.51. The molecule has 0 saturated carbocycles. The molecular formula is C12H19N. The molecule has 0 heterocycles. The van der Waals surface area contributed by atoms with Gasteiger partial charge in [0.1, 0.15) is 0 Å². The Hall–Kier alpha value is -0.820. The zero-order chi connectivity index (χ0) is 9.84. The SMILES string of the molecule is CCc1c(C)cccc1[C@H](N)CC. The van der Waals surface area contributed by atoms with E-state index in [9.17, 15) is 0 Å². The first-order chi connectivity index (χ1) is 6.20. The predicted molar refractivity (Wildman–Crippen MR) is 57.8 cm³/mol. The summed E-state index contributed by atoms with van der Waals surface area (Å²) >= 11 is 0. The van der Waals surface area contributed by atoms with Gasteiger partial charge in [-0.2, -0.15) is 0 Å². The van der Waals surface area contributed by atoms with Crippen LogP contribution in [0.5, 0.6) is 0 Å². The van der Waals surface area contributed by atoms with Crippen LogP contribution in [0.15, 0.2) is 18.2 Å². The van der Waals surface area contributed by atoms with Gasteiger partial charge in [-0.15, -0.1) is 0 Å². The lowest BCUT2D eigenvalue weighted by atomic mass is 9.94. The Morgan fingerprint density at radius 3 is 2.54 bits per heavy atom. The van der Waals surface area contributed by atoms with Gasteiger partial charge in [0.2, 0.25) is 0 Å². The lowest BCUT2D eigenvalue weighted by Crippen LogP contribution is -2.11. The van der Waals surface area contributed by atoms with Crippen molar-refractivity contribution in [2.75, 3.05) is 0 Å². The predicted octanol–water partition coefficient (Wildman–Crippen LogP) is 2.97. The molecule has 1 rings (SSSR count). The van der Waals surface area contributed by atoms with Crippen LogP contribution in [0.4, 0.5) is 0 Å². The molecule has 0 bridgehead atoms. The van der Waals surface area contributed by atoms with Crippen LogP contribution in [0.3, 0.4) is 0 Å². The first kappa shape index (κ1) is 10.3. The molecule has 0 aliphatic rings. The van der Waals surface area contributed by atoms with Crippen LogP contribution in [-0.4, -0.2) is 0 Å². The summed E-state index contributed by atoms with van der Waals surface area (Å²) in [6.45, 7) is 6.48. The van der Waals surface area contributed by atoms with Gasteiger partial charge >= 0.3 is 0 Å². The molecule has 0 amide bonds. The Balaban J connectivity index is 3.12. The molecular weight excluding hydrogens is 158 g/mol. The molecule has 0 radical (unpaired) electrons. The maximum atomic E-state index is 6.04. The minimum absolute atomic E-state index is 0.204. The minimum atomic E-state index is 0.204. The van der Waals surface area contributed by atoms with Crippen molar-refractivity contribution < 1.29 is 0 Å². The molecule has 1 aromatic rings. The minimum Gasteiger partial charge on any atom is -0.324 e. The normalized spacial score (nSPS) is 12.9. The van der Waals surface area contributed by atoms with Crippen molar-refractivity contribution in [3.05, 3.63) is 34.9 Å². The number of aryl methyl sites for hydroxylation is 1. The van der Waals surface area contributed by atoms with E-state index in [0.717, 1.165) is 12.8 Å². The highest BCUT2D eigenvalue weighted by Crippen LogP contribution is 2.21. The fraction of sp³-hybridized carbons (Fsp3) is 0.500. The van der Waals surface area contributed by atoms with Gasteiger partial charge < -0.3 is 5.73 Å². The molecule has 1 heteroatoms. The third kappa shape index (κ3) is 2.10. The summed E-state index contributed by atoms with van der Waals surface area (Å²) < 4.78 is 0. The number of hydrogen-bond acceptors (Lipinski definition) is 1. The molecule has 2 N–H and O–H groups in total. The van der Waals surface area contributed by atoms with Crippen LogP contribution in [0.1, 0.15) is 43.0 Å². The Morgan fingerprint density at radius 1 is 1.31 bits per heavy atom. The van der Waals surface area contributed by atoms with Crippen LogP contribution in [-0.2, 0) is 6.42 Å². The third-order valence-corrected chi connectivity index (χ3v) is 2.64. The standard InChI is InChI=1S/C12H19N/c1-4-10-9(3)7-6-8-11(10)12(13)5-2/h6-8,12H,4-5,13H2,1-3H3/t12-/m1/s1. The summed E-state index contributed by atoms with van der Waals surface area (Å²) in [5.74, 6) is 0. The highest BCUT2D eigenvalue weighted by atomic mass is 14.6. The van der Waals surface area contributed by atoms with Gasteiger partial charge in [0.15, 0.2) is 0 Å². The van der Waals surface area contributed by atoms with E-state index >= 15 is 0 Å².